The van der Waals surface area contributed by atoms with Gasteiger partial charge in [-0.25, -0.2) is 4.98 Å². The SMILES string of the molecule is Cc1ccc(C)c(C(=O)N(CCN2CCOCC2)c2nc3c(C)ccc(C)c3s2)c1. The number of anilines is 1. The molecule has 0 aliphatic carbocycles. The van der Waals surface area contributed by atoms with Gasteiger partial charge in [0.1, 0.15) is 0 Å². The number of nitrogens with zero attached hydrogens (tertiary/aromatic N) is 3. The maximum absolute atomic E-state index is 13.7. The van der Waals surface area contributed by atoms with Crippen LogP contribution >= 0.6 is 11.3 Å². The highest BCUT2D eigenvalue weighted by Gasteiger charge is 2.24. The molecule has 1 aliphatic heterocycles. The van der Waals surface area contributed by atoms with E-state index in [9.17, 15) is 4.79 Å². The van der Waals surface area contributed by atoms with Gasteiger partial charge in [-0.05, 0) is 50.5 Å². The Morgan fingerprint density at radius 1 is 1.07 bits per heavy atom. The van der Waals surface area contributed by atoms with Crippen molar-refractivity contribution in [1.29, 1.82) is 0 Å². The summed E-state index contributed by atoms with van der Waals surface area (Å²) >= 11 is 1.62. The van der Waals surface area contributed by atoms with E-state index in [4.69, 9.17) is 9.72 Å². The van der Waals surface area contributed by atoms with Gasteiger partial charge in [0.15, 0.2) is 5.13 Å². The van der Waals surface area contributed by atoms with Gasteiger partial charge in [-0.15, -0.1) is 0 Å². The monoisotopic (exact) mass is 423 g/mol. The van der Waals surface area contributed by atoms with Crippen LogP contribution in [0.25, 0.3) is 10.2 Å². The van der Waals surface area contributed by atoms with Crippen molar-refractivity contribution >= 4 is 32.6 Å². The number of rotatable bonds is 5. The Bertz CT molecular complexity index is 1030. The van der Waals surface area contributed by atoms with E-state index >= 15 is 0 Å². The van der Waals surface area contributed by atoms with Gasteiger partial charge in [-0.3, -0.25) is 14.6 Å². The Hall–Kier alpha value is -2.28. The predicted octanol–water partition coefficient (Wildman–Crippen LogP) is 4.51. The molecule has 1 aliphatic rings. The van der Waals surface area contributed by atoms with Crippen LogP contribution in [0.15, 0.2) is 30.3 Å². The standard InChI is InChI=1S/C24H29N3O2S/c1-16-5-6-17(2)20(15-16)23(28)27(10-9-26-11-13-29-14-12-26)24-25-21-18(3)7-8-19(4)22(21)30-24/h5-8,15H,9-14H2,1-4H3. The van der Waals surface area contributed by atoms with Gasteiger partial charge >= 0.3 is 0 Å². The first-order chi connectivity index (χ1) is 14.4. The molecular formula is C24H29N3O2S. The number of aryl methyl sites for hydroxylation is 4. The van der Waals surface area contributed by atoms with Crippen molar-refractivity contribution in [3.8, 4) is 0 Å². The Labute approximate surface area is 182 Å². The fourth-order valence-corrected chi connectivity index (χ4v) is 4.96. The highest BCUT2D eigenvalue weighted by Crippen LogP contribution is 2.34. The quantitative estimate of drug-likeness (QED) is 0.606. The highest BCUT2D eigenvalue weighted by molar-refractivity contribution is 7.22. The van der Waals surface area contributed by atoms with Crippen LogP contribution in [0.1, 0.15) is 32.6 Å². The third-order valence-corrected chi connectivity index (χ3v) is 6.99. The molecule has 1 saturated heterocycles. The van der Waals surface area contributed by atoms with E-state index in [1.54, 1.807) is 11.3 Å². The number of aromatic nitrogens is 1. The summed E-state index contributed by atoms with van der Waals surface area (Å²) in [6, 6.07) is 10.3. The van der Waals surface area contributed by atoms with Crippen molar-refractivity contribution in [3.05, 3.63) is 58.1 Å². The topological polar surface area (TPSA) is 45.7 Å². The summed E-state index contributed by atoms with van der Waals surface area (Å²) in [7, 11) is 0. The largest absolute Gasteiger partial charge is 0.379 e. The average Bonchev–Trinajstić information content (AvgIpc) is 3.20. The molecule has 30 heavy (non-hydrogen) atoms. The van der Waals surface area contributed by atoms with Gasteiger partial charge in [0.25, 0.3) is 5.91 Å². The molecule has 0 saturated carbocycles. The maximum Gasteiger partial charge on any atom is 0.260 e. The summed E-state index contributed by atoms with van der Waals surface area (Å²) in [5.41, 5.74) is 6.19. The summed E-state index contributed by atoms with van der Waals surface area (Å²) in [4.78, 5) is 22.8. The van der Waals surface area contributed by atoms with Crippen molar-refractivity contribution in [2.45, 2.75) is 27.7 Å². The van der Waals surface area contributed by atoms with E-state index in [-0.39, 0.29) is 5.91 Å². The van der Waals surface area contributed by atoms with Crippen LogP contribution in [0, 0.1) is 27.7 Å². The van der Waals surface area contributed by atoms with Gasteiger partial charge < -0.3 is 4.74 Å². The van der Waals surface area contributed by atoms with E-state index < -0.39 is 0 Å². The fourth-order valence-electron chi connectivity index (χ4n) is 3.83. The molecule has 0 radical (unpaired) electrons. The fraction of sp³-hybridized carbons (Fsp3) is 0.417. The van der Waals surface area contributed by atoms with Gasteiger partial charge in [-0.1, -0.05) is 41.2 Å². The van der Waals surface area contributed by atoms with E-state index in [0.717, 1.165) is 70.5 Å². The smallest absolute Gasteiger partial charge is 0.260 e. The Kier molecular flexibility index (Phi) is 6.18. The van der Waals surface area contributed by atoms with Gasteiger partial charge in [0.05, 0.1) is 23.4 Å². The number of morpholine rings is 1. The molecule has 2 aromatic carbocycles. The lowest BCUT2D eigenvalue weighted by atomic mass is 10.0. The van der Waals surface area contributed by atoms with E-state index in [1.165, 1.54) is 5.56 Å². The molecule has 0 bridgehead atoms. The molecule has 1 fully saturated rings. The number of fused-ring (bicyclic) bond motifs is 1. The zero-order valence-electron chi connectivity index (χ0n) is 18.2. The second-order valence-corrected chi connectivity index (χ2v) is 9.08. The molecule has 3 aromatic rings. The highest BCUT2D eigenvalue weighted by atomic mass is 32.1. The molecule has 1 aromatic heterocycles. The summed E-state index contributed by atoms with van der Waals surface area (Å²) in [5.74, 6) is 0.0267. The number of hydrogen-bond acceptors (Lipinski definition) is 5. The second-order valence-electron chi connectivity index (χ2n) is 8.10. The third-order valence-electron chi connectivity index (χ3n) is 5.77. The lowest BCUT2D eigenvalue weighted by molar-refractivity contribution is 0.0391. The van der Waals surface area contributed by atoms with Crippen molar-refractivity contribution in [3.63, 3.8) is 0 Å². The minimum absolute atomic E-state index is 0.0267. The van der Waals surface area contributed by atoms with Gasteiger partial charge in [0, 0.05) is 31.7 Å². The van der Waals surface area contributed by atoms with Crippen molar-refractivity contribution in [2.75, 3.05) is 44.3 Å². The van der Waals surface area contributed by atoms with Crippen LogP contribution in [-0.4, -0.2) is 55.2 Å². The van der Waals surface area contributed by atoms with Gasteiger partial charge in [0.2, 0.25) is 0 Å². The lowest BCUT2D eigenvalue weighted by Gasteiger charge is -2.29. The minimum atomic E-state index is 0.0267. The number of ether oxygens (including phenoxy) is 1. The van der Waals surface area contributed by atoms with Crippen LogP contribution in [0.3, 0.4) is 0 Å². The number of carbonyl (C=O) groups is 1. The number of hydrogen-bond donors (Lipinski definition) is 0. The summed E-state index contributed by atoms with van der Waals surface area (Å²) < 4.78 is 6.63. The molecule has 1 amide bonds. The van der Waals surface area contributed by atoms with Crippen LogP contribution in [0.4, 0.5) is 5.13 Å². The zero-order valence-corrected chi connectivity index (χ0v) is 19.0. The van der Waals surface area contributed by atoms with Crippen LogP contribution in [0.5, 0.6) is 0 Å². The average molecular weight is 424 g/mol. The normalized spacial score (nSPS) is 14.9. The van der Waals surface area contributed by atoms with Crippen LogP contribution < -0.4 is 4.90 Å². The molecule has 5 nitrogen and oxygen atoms in total. The van der Waals surface area contributed by atoms with Crippen molar-refractivity contribution < 1.29 is 9.53 Å². The number of thiazole rings is 1. The van der Waals surface area contributed by atoms with Crippen LogP contribution in [0.2, 0.25) is 0 Å². The van der Waals surface area contributed by atoms with Crippen molar-refractivity contribution in [1.82, 2.24) is 9.88 Å². The molecular weight excluding hydrogens is 394 g/mol. The number of carbonyl (C=O) groups excluding carboxylic acids is 1. The predicted molar refractivity (Wildman–Crippen MR) is 124 cm³/mol. The third kappa shape index (κ3) is 4.26. The molecule has 6 heteroatoms. The van der Waals surface area contributed by atoms with E-state index in [0.29, 0.717) is 6.54 Å². The maximum atomic E-state index is 13.7. The second kappa shape index (κ2) is 8.84. The number of amides is 1. The summed E-state index contributed by atoms with van der Waals surface area (Å²) in [5, 5.41) is 0.779. The Balaban J connectivity index is 1.71. The molecule has 2 heterocycles. The van der Waals surface area contributed by atoms with E-state index in [2.05, 4.69) is 36.9 Å². The lowest BCUT2D eigenvalue weighted by Crippen LogP contribution is -2.43. The zero-order chi connectivity index (χ0) is 21.3. The first-order valence-corrected chi connectivity index (χ1v) is 11.3. The Morgan fingerprint density at radius 2 is 1.77 bits per heavy atom. The molecule has 158 valence electrons. The van der Waals surface area contributed by atoms with Crippen molar-refractivity contribution in [2.24, 2.45) is 0 Å². The first kappa shape index (κ1) is 21.0. The van der Waals surface area contributed by atoms with Gasteiger partial charge in [-0.2, -0.15) is 0 Å². The van der Waals surface area contributed by atoms with Crippen LogP contribution in [-0.2, 0) is 4.74 Å². The molecule has 0 atom stereocenters. The first-order valence-electron chi connectivity index (χ1n) is 10.5. The molecule has 0 unspecified atom stereocenters. The Morgan fingerprint density at radius 3 is 2.50 bits per heavy atom. The molecule has 0 N–H and O–H groups in total. The minimum Gasteiger partial charge on any atom is -0.379 e. The van der Waals surface area contributed by atoms with E-state index in [1.807, 2.05) is 30.9 Å². The molecule has 4 rings (SSSR count). The number of benzene rings is 2. The summed E-state index contributed by atoms with van der Waals surface area (Å²) in [6.07, 6.45) is 0. The summed E-state index contributed by atoms with van der Waals surface area (Å²) in [6.45, 7) is 13.0. The molecule has 0 spiro atoms.